The average molecular weight is 377 g/mol. The van der Waals surface area contributed by atoms with E-state index in [2.05, 4.69) is 25.9 Å². The van der Waals surface area contributed by atoms with Gasteiger partial charge in [0.05, 0.1) is 28.9 Å². The highest BCUT2D eigenvalue weighted by molar-refractivity contribution is 8.00. The second kappa shape index (κ2) is 7.36. The van der Waals surface area contributed by atoms with Crippen molar-refractivity contribution in [1.82, 2.24) is 30.0 Å². The van der Waals surface area contributed by atoms with E-state index in [-0.39, 0.29) is 11.2 Å². The van der Waals surface area contributed by atoms with Crippen molar-refractivity contribution in [3.05, 3.63) is 33.8 Å². The van der Waals surface area contributed by atoms with E-state index < -0.39 is 0 Å². The molecule has 1 N–H and O–H groups in total. The Morgan fingerprint density at radius 1 is 1.44 bits per heavy atom. The monoisotopic (exact) mass is 377 g/mol. The first-order valence-corrected chi connectivity index (χ1v) is 9.48. The topological polar surface area (TPSA) is 90.5 Å². The van der Waals surface area contributed by atoms with Crippen molar-refractivity contribution in [2.45, 2.75) is 37.7 Å². The molecule has 0 aromatic carbocycles. The van der Waals surface area contributed by atoms with Gasteiger partial charge in [-0.1, -0.05) is 17.8 Å². The highest BCUT2D eigenvalue weighted by atomic mass is 32.2. The second-order valence-electron chi connectivity index (χ2n) is 5.62. The number of aryl methyl sites for hydroxylation is 2. The Hall–Kier alpha value is -2.20. The Bertz CT molecular complexity index is 869. The lowest BCUT2D eigenvalue weighted by molar-refractivity contribution is -0.115. The summed E-state index contributed by atoms with van der Waals surface area (Å²) in [5, 5.41) is 21.4. The molecular weight excluding hydrogens is 358 g/mol. The first kappa shape index (κ1) is 17.6. The molecule has 10 heteroatoms. The molecule has 0 saturated heterocycles. The summed E-state index contributed by atoms with van der Waals surface area (Å²) in [5.41, 5.74) is 2.48. The molecule has 3 aromatic heterocycles. The standard InChI is InChI=1S/C15H19N7OS2/c1-9-13(10(2)21(4)18-9)16-14(23)11(3)25-15-17-19-20-22(15)8-12-6-5-7-24-12/h5-7,11H,8H2,1-4H3,(H,16,23). The fourth-order valence-electron chi connectivity index (χ4n) is 2.32. The van der Waals surface area contributed by atoms with Gasteiger partial charge < -0.3 is 5.32 Å². The fourth-order valence-corrected chi connectivity index (χ4v) is 3.80. The smallest absolute Gasteiger partial charge is 0.237 e. The van der Waals surface area contributed by atoms with Gasteiger partial charge in [-0.3, -0.25) is 9.48 Å². The fraction of sp³-hybridized carbons (Fsp3) is 0.400. The van der Waals surface area contributed by atoms with Gasteiger partial charge in [0.1, 0.15) is 0 Å². The van der Waals surface area contributed by atoms with E-state index in [9.17, 15) is 4.79 Å². The molecule has 0 radical (unpaired) electrons. The Kier molecular flexibility index (Phi) is 5.19. The van der Waals surface area contributed by atoms with Crippen LogP contribution in [0.1, 0.15) is 23.2 Å². The number of aromatic nitrogens is 6. The summed E-state index contributed by atoms with van der Waals surface area (Å²) in [4.78, 5) is 13.7. The Morgan fingerprint density at radius 3 is 2.88 bits per heavy atom. The normalized spacial score (nSPS) is 12.3. The van der Waals surface area contributed by atoms with Gasteiger partial charge in [-0.05, 0) is 42.6 Å². The van der Waals surface area contributed by atoms with Crippen LogP contribution in [0.3, 0.4) is 0 Å². The lowest BCUT2D eigenvalue weighted by Gasteiger charge is -2.12. The van der Waals surface area contributed by atoms with Crippen LogP contribution in [-0.2, 0) is 18.4 Å². The van der Waals surface area contributed by atoms with E-state index in [1.54, 1.807) is 20.7 Å². The highest BCUT2D eigenvalue weighted by Gasteiger charge is 2.21. The number of amides is 1. The first-order valence-electron chi connectivity index (χ1n) is 7.72. The number of nitrogens with one attached hydrogen (secondary N) is 1. The van der Waals surface area contributed by atoms with Crippen molar-refractivity contribution < 1.29 is 4.79 Å². The third kappa shape index (κ3) is 3.90. The van der Waals surface area contributed by atoms with Crippen LogP contribution in [-0.4, -0.2) is 41.1 Å². The van der Waals surface area contributed by atoms with Crippen LogP contribution >= 0.6 is 23.1 Å². The lowest BCUT2D eigenvalue weighted by Crippen LogP contribution is -2.23. The summed E-state index contributed by atoms with van der Waals surface area (Å²) in [6.45, 7) is 6.24. The van der Waals surface area contributed by atoms with E-state index in [0.717, 1.165) is 22.0 Å². The Balaban J connectivity index is 1.67. The van der Waals surface area contributed by atoms with E-state index in [4.69, 9.17) is 0 Å². The molecule has 132 valence electrons. The molecule has 3 heterocycles. The minimum atomic E-state index is -0.341. The van der Waals surface area contributed by atoms with Gasteiger partial charge in [-0.2, -0.15) is 5.10 Å². The molecule has 3 aromatic rings. The zero-order valence-corrected chi connectivity index (χ0v) is 16.1. The molecule has 1 atom stereocenters. The third-order valence-electron chi connectivity index (χ3n) is 3.79. The molecule has 0 aliphatic heterocycles. The lowest BCUT2D eigenvalue weighted by atomic mass is 10.3. The van der Waals surface area contributed by atoms with E-state index in [1.807, 2.05) is 45.3 Å². The van der Waals surface area contributed by atoms with Gasteiger partial charge in [0, 0.05) is 11.9 Å². The molecule has 0 aliphatic carbocycles. The van der Waals surface area contributed by atoms with Crippen LogP contribution < -0.4 is 5.32 Å². The van der Waals surface area contributed by atoms with Gasteiger partial charge in [0.15, 0.2) is 0 Å². The zero-order valence-electron chi connectivity index (χ0n) is 14.4. The predicted molar refractivity (Wildman–Crippen MR) is 97.9 cm³/mol. The SMILES string of the molecule is Cc1nn(C)c(C)c1NC(=O)C(C)Sc1nnnn1Cc1cccs1. The molecule has 0 aliphatic rings. The van der Waals surface area contributed by atoms with Crippen LogP contribution in [0.5, 0.6) is 0 Å². The number of nitrogens with zero attached hydrogens (tertiary/aromatic N) is 6. The van der Waals surface area contributed by atoms with Crippen molar-refractivity contribution in [2.24, 2.45) is 7.05 Å². The quantitative estimate of drug-likeness (QED) is 0.663. The average Bonchev–Trinajstić information content (AvgIpc) is 3.28. The molecule has 0 fully saturated rings. The van der Waals surface area contributed by atoms with E-state index in [0.29, 0.717) is 11.7 Å². The molecule has 8 nitrogen and oxygen atoms in total. The maximum absolute atomic E-state index is 12.5. The summed E-state index contributed by atoms with van der Waals surface area (Å²) < 4.78 is 3.46. The van der Waals surface area contributed by atoms with E-state index in [1.165, 1.54) is 11.8 Å². The van der Waals surface area contributed by atoms with Crippen molar-refractivity contribution in [3.63, 3.8) is 0 Å². The Labute approximate surface area is 153 Å². The van der Waals surface area contributed by atoms with Crippen LogP contribution in [0.15, 0.2) is 22.7 Å². The summed E-state index contributed by atoms with van der Waals surface area (Å²) in [7, 11) is 1.86. The van der Waals surface area contributed by atoms with Gasteiger partial charge in [-0.15, -0.1) is 16.4 Å². The molecule has 1 amide bonds. The van der Waals surface area contributed by atoms with Crippen molar-refractivity contribution in [2.75, 3.05) is 5.32 Å². The summed E-state index contributed by atoms with van der Waals surface area (Å²) in [5.74, 6) is -0.102. The maximum atomic E-state index is 12.5. The molecule has 25 heavy (non-hydrogen) atoms. The molecule has 3 rings (SSSR count). The summed E-state index contributed by atoms with van der Waals surface area (Å²) >= 11 is 2.98. The molecular formula is C15H19N7OS2. The van der Waals surface area contributed by atoms with Gasteiger partial charge >= 0.3 is 0 Å². The minimum Gasteiger partial charge on any atom is -0.322 e. The number of anilines is 1. The molecule has 0 spiro atoms. The first-order chi connectivity index (χ1) is 12.0. The summed E-state index contributed by atoms with van der Waals surface area (Å²) in [6, 6.07) is 4.02. The zero-order chi connectivity index (χ0) is 18.0. The van der Waals surface area contributed by atoms with E-state index >= 15 is 0 Å². The summed E-state index contributed by atoms with van der Waals surface area (Å²) in [6.07, 6.45) is 0. The number of carbonyl (C=O) groups is 1. The van der Waals surface area contributed by atoms with Crippen LogP contribution in [0, 0.1) is 13.8 Å². The number of carbonyl (C=O) groups excluding carboxylic acids is 1. The van der Waals surface area contributed by atoms with Crippen molar-refractivity contribution in [1.29, 1.82) is 0 Å². The third-order valence-corrected chi connectivity index (χ3v) is 5.73. The maximum Gasteiger partial charge on any atom is 0.237 e. The van der Waals surface area contributed by atoms with Gasteiger partial charge in [0.25, 0.3) is 0 Å². The molecule has 0 bridgehead atoms. The number of thiophene rings is 1. The van der Waals surface area contributed by atoms with Gasteiger partial charge in [0.2, 0.25) is 11.1 Å². The molecule has 1 unspecified atom stereocenters. The number of thioether (sulfide) groups is 1. The second-order valence-corrected chi connectivity index (χ2v) is 7.96. The number of rotatable bonds is 6. The van der Waals surface area contributed by atoms with Crippen LogP contribution in [0.2, 0.25) is 0 Å². The largest absolute Gasteiger partial charge is 0.322 e. The van der Waals surface area contributed by atoms with Crippen LogP contribution in [0.4, 0.5) is 5.69 Å². The predicted octanol–water partition coefficient (Wildman–Crippen LogP) is 2.25. The van der Waals surface area contributed by atoms with Crippen LogP contribution in [0.25, 0.3) is 0 Å². The number of hydrogen-bond acceptors (Lipinski definition) is 7. The highest BCUT2D eigenvalue weighted by Crippen LogP contribution is 2.24. The van der Waals surface area contributed by atoms with Crippen molar-refractivity contribution in [3.8, 4) is 0 Å². The van der Waals surface area contributed by atoms with Crippen molar-refractivity contribution >= 4 is 34.7 Å². The number of hydrogen-bond donors (Lipinski definition) is 1. The van der Waals surface area contributed by atoms with Gasteiger partial charge in [-0.25, -0.2) is 4.68 Å². The Morgan fingerprint density at radius 2 is 2.24 bits per heavy atom. The minimum absolute atomic E-state index is 0.102. The number of tetrazole rings is 1. The molecule has 0 saturated carbocycles.